The molecule has 8 nitrogen and oxygen atoms in total. The van der Waals surface area contributed by atoms with Crippen LogP contribution in [0, 0.1) is 12.8 Å². The average molecular weight is 299 g/mol. The predicted molar refractivity (Wildman–Crippen MR) is 79.4 cm³/mol. The number of hydrogen-bond donors (Lipinski definition) is 2. The third-order valence-corrected chi connectivity index (χ3v) is 3.96. The number of nitrogens with zero attached hydrogens (tertiary/aromatic N) is 5. The summed E-state index contributed by atoms with van der Waals surface area (Å²) in [6.45, 7) is 3.48. The molecule has 1 fully saturated rings. The number of rotatable bonds is 4. The van der Waals surface area contributed by atoms with Crippen LogP contribution in [0.3, 0.4) is 0 Å². The summed E-state index contributed by atoms with van der Waals surface area (Å²) in [4.78, 5) is 8.63. The van der Waals surface area contributed by atoms with Gasteiger partial charge in [-0.15, -0.1) is 0 Å². The van der Waals surface area contributed by atoms with E-state index in [1.165, 1.54) is 6.33 Å². The van der Waals surface area contributed by atoms with E-state index in [-0.39, 0.29) is 6.10 Å². The van der Waals surface area contributed by atoms with E-state index in [0.29, 0.717) is 5.92 Å². The molecule has 3 aromatic rings. The number of fused-ring (bicyclic) bond motifs is 1. The first-order valence-electron chi connectivity index (χ1n) is 7.33. The smallest absolute Gasteiger partial charge is 0.153 e. The molecule has 0 bridgehead atoms. The third kappa shape index (κ3) is 2.31. The van der Waals surface area contributed by atoms with Crippen LogP contribution < -0.4 is 5.32 Å². The zero-order chi connectivity index (χ0) is 14.9. The minimum Gasteiger partial charge on any atom is -0.370 e. The fourth-order valence-corrected chi connectivity index (χ4v) is 2.91. The normalized spacial score (nSPS) is 21.5. The molecule has 0 spiro atoms. The number of hydrogen-bond acceptors (Lipinski definition) is 6. The van der Waals surface area contributed by atoms with Crippen molar-refractivity contribution < 1.29 is 4.74 Å². The van der Waals surface area contributed by atoms with Crippen LogP contribution in [0.15, 0.2) is 24.8 Å². The van der Waals surface area contributed by atoms with E-state index in [4.69, 9.17) is 4.74 Å². The third-order valence-electron chi connectivity index (χ3n) is 3.96. The molecule has 1 saturated heterocycles. The Balaban J connectivity index is 1.51. The minimum atomic E-state index is -0.0404. The maximum Gasteiger partial charge on any atom is 0.153 e. The van der Waals surface area contributed by atoms with Crippen molar-refractivity contribution in [3.63, 3.8) is 0 Å². The van der Waals surface area contributed by atoms with Gasteiger partial charge in [0.1, 0.15) is 17.9 Å². The molecule has 0 radical (unpaired) electrons. The van der Waals surface area contributed by atoms with Crippen molar-refractivity contribution in [3.8, 4) is 0 Å². The van der Waals surface area contributed by atoms with E-state index in [1.807, 2.05) is 23.7 Å². The van der Waals surface area contributed by atoms with Crippen molar-refractivity contribution in [2.24, 2.45) is 5.92 Å². The first-order valence-corrected chi connectivity index (χ1v) is 7.33. The molecule has 3 aromatic heterocycles. The number of aromatic amines is 1. The number of aryl methyl sites for hydroxylation is 1. The molecule has 2 atom stereocenters. The largest absolute Gasteiger partial charge is 0.370 e. The molecule has 0 aliphatic carbocycles. The van der Waals surface area contributed by atoms with Crippen LogP contribution in [0.2, 0.25) is 0 Å². The fraction of sp³-hybridized carbons (Fsp3) is 0.429. The molecule has 114 valence electrons. The van der Waals surface area contributed by atoms with Gasteiger partial charge in [0.15, 0.2) is 11.6 Å². The van der Waals surface area contributed by atoms with Crippen molar-refractivity contribution in [2.75, 3.05) is 18.5 Å². The van der Waals surface area contributed by atoms with Crippen LogP contribution in [0.5, 0.6) is 0 Å². The summed E-state index contributed by atoms with van der Waals surface area (Å²) in [5, 5.41) is 14.6. The monoisotopic (exact) mass is 299 g/mol. The molecule has 2 N–H and O–H groups in total. The summed E-state index contributed by atoms with van der Waals surface area (Å²) >= 11 is 0. The maximum absolute atomic E-state index is 5.78. The number of aromatic nitrogens is 6. The Labute approximate surface area is 126 Å². The van der Waals surface area contributed by atoms with Crippen molar-refractivity contribution in [1.29, 1.82) is 0 Å². The Hall–Kier alpha value is -2.48. The molecule has 1 aliphatic heterocycles. The summed E-state index contributed by atoms with van der Waals surface area (Å²) in [7, 11) is 0. The van der Waals surface area contributed by atoms with Gasteiger partial charge in [0.2, 0.25) is 0 Å². The Kier molecular flexibility index (Phi) is 3.23. The molecule has 0 aromatic carbocycles. The molecule has 0 saturated carbocycles. The van der Waals surface area contributed by atoms with Crippen LogP contribution in [-0.4, -0.2) is 42.9 Å². The minimum absolute atomic E-state index is 0.0404. The maximum atomic E-state index is 5.78. The Morgan fingerprint density at radius 2 is 2.41 bits per heavy atom. The highest BCUT2D eigenvalue weighted by Crippen LogP contribution is 2.32. The lowest BCUT2D eigenvalue weighted by molar-refractivity contribution is 0.0864. The molecule has 8 heteroatoms. The van der Waals surface area contributed by atoms with Crippen molar-refractivity contribution >= 4 is 11.3 Å². The highest BCUT2D eigenvalue weighted by atomic mass is 16.5. The number of anilines is 1. The molecule has 0 unspecified atom stereocenters. The molecule has 22 heavy (non-hydrogen) atoms. The Bertz CT molecular complexity index is 767. The van der Waals surface area contributed by atoms with Gasteiger partial charge in [-0.05, 0) is 19.4 Å². The predicted octanol–water partition coefficient (Wildman–Crippen LogP) is 1.35. The van der Waals surface area contributed by atoms with Crippen LogP contribution in [0.1, 0.15) is 24.0 Å². The van der Waals surface area contributed by atoms with Crippen LogP contribution in [0.25, 0.3) is 5.52 Å². The summed E-state index contributed by atoms with van der Waals surface area (Å²) in [6, 6.07) is 2.02. The van der Waals surface area contributed by atoms with Gasteiger partial charge in [-0.2, -0.15) is 10.2 Å². The van der Waals surface area contributed by atoms with E-state index in [1.54, 1.807) is 6.20 Å². The van der Waals surface area contributed by atoms with Gasteiger partial charge in [-0.1, -0.05) is 0 Å². The topological polar surface area (TPSA) is 93.0 Å². The summed E-state index contributed by atoms with van der Waals surface area (Å²) < 4.78 is 7.62. The summed E-state index contributed by atoms with van der Waals surface area (Å²) in [5.74, 6) is 1.96. The Morgan fingerprint density at radius 1 is 1.45 bits per heavy atom. The van der Waals surface area contributed by atoms with Gasteiger partial charge in [0.25, 0.3) is 0 Å². The first kappa shape index (κ1) is 13.2. The van der Waals surface area contributed by atoms with Gasteiger partial charge in [0, 0.05) is 31.5 Å². The van der Waals surface area contributed by atoms with Gasteiger partial charge in [0.05, 0.1) is 5.69 Å². The van der Waals surface area contributed by atoms with Gasteiger partial charge < -0.3 is 10.1 Å². The van der Waals surface area contributed by atoms with E-state index in [0.717, 1.165) is 42.4 Å². The van der Waals surface area contributed by atoms with E-state index >= 15 is 0 Å². The second-order valence-corrected chi connectivity index (χ2v) is 5.48. The SMILES string of the molecule is Cc1cc2c(NC[C@@H]3CCO[C@@H]3c3ncn[nH]3)nccn2n1. The van der Waals surface area contributed by atoms with Gasteiger partial charge >= 0.3 is 0 Å². The highest BCUT2D eigenvalue weighted by molar-refractivity contribution is 5.67. The van der Waals surface area contributed by atoms with Crippen LogP contribution in [-0.2, 0) is 4.74 Å². The quantitative estimate of drug-likeness (QED) is 0.755. The zero-order valence-electron chi connectivity index (χ0n) is 12.2. The first-order chi connectivity index (χ1) is 10.8. The van der Waals surface area contributed by atoms with Crippen molar-refractivity contribution in [1.82, 2.24) is 29.8 Å². The summed E-state index contributed by atoms with van der Waals surface area (Å²) in [5.41, 5.74) is 1.95. The lowest BCUT2D eigenvalue weighted by atomic mass is 10.0. The second kappa shape index (κ2) is 5.38. The van der Waals surface area contributed by atoms with Gasteiger partial charge in [-0.3, -0.25) is 5.10 Å². The van der Waals surface area contributed by atoms with Gasteiger partial charge in [-0.25, -0.2) is 14.5 Å². The van der Waals surface area contributed by atoms with E-state index in [9.17, 15) is 0 Å². The lowest BCUT2D eigenvalue weighted by Crippen LogP contribution is -2.19. The second-order valence-electron chi connectivity index (χ2n) is 5.48. The average Bonchev–Trinajstić information content (AvgIpc) is 3.23. The van der Waals surface area contributed by atoms with E-state index in [2.05, 4.69) is 30.6 Å². The molecular formula is C14H17N7O. The molecular weight excluding hydrogens is 282 g/mol. The highest BCUT2D eigenvalue weighted by Gasteiger charge is 2.31. The fourth-order valence-electron chi connectivity index (χ4n) is 2.91. The van der Waals surface area contributed by atoms with Crippen LogP contribution >= 0.6 is 0 Å². The summed E-state index contributed by atoms with van der Waals surface area (Å²) in [6.07, 6.45) is 6.06. The molecule has 4 rings (SSSR count). The number of H-pyrrole nitrogens is 1. The number of ether oxygens (including phenoxy) is 1. The Morgan fingerprint density at radius 3 is 3.27 bits per heavy atom. The standard InChI is InChI=1S/C14H17N7O/c1-9-6-11-13(15-3-4-21(11)20-9)16-7-10-2-5-22-12(10)14-17-8-18-19-14/h3-4,6,8,10,12H,2,5,7H2,1H3,(H,15,16)(H,17,18,19)/t10-,12-/m0/s1. The van der Waals surface area contributed by atoms with Crippen molar-refractivity contribution in [3.05, 3.63) is 36.3 Å². The van der Waals surface area contributed by atoms with E-state index < -0.39 is 0 Å². The van der Waals surface area contributed by atoms with Crippen LogP contribution in [0.4, 0.5) is 5.82 Å². The molecule has 4 heterocycles. The van der Waals surface area contributed by atoms with Crippen molar-refractivity contribution in [2.45, 2.75) is 19.4 Å². The molecule has 0 amide bonds. The zero-order valence-corrected chi connectivity index (χ0v) is 12.2. The lowest BCUT2D eigenvalue weighted by Gasteiger charge is -2.17. The molecule has 1 aliphatic rings. The number of nitrogens with one attached hydrogen (secondary N) is 2.